The zero-order valence-electron chi connectivity index (χ0n) is 12.0. The molecule has 0 aliphatic heterocycles. The van der Waals surface area contributed by atoms with Crippen molar-refractivity contribution >= 4 is 32.8 Å². The number of hydrogen-bond acceptors (Lipinski definition) is 3. The third-order valence-electron chi connectivity index (χ3n) is 4.62. The van der Waals surface area contributed by atoms with Gasteiger partial charge in [-0.3, -0.25) is 0 Å². The van der Waals surface area contributed by atoms with Crippen molar-refractivity contribution in [2.45, 2.75) is 0 Å². The number of rotatable bonds is 0. The molecule has 4 nitrogen and oxygen atoms in total. The molecule has 1 aliphatic rings. The maximum atomic E-state index is 4.91. The SMILES string of the molecule is c1cc2c3c(cccc3c1)-c1nc3cc4[nH]cnc4cc3nc1-2. The summed E-state index contributed by atoms with van der Waals surface area (Å²) in [5, 5.41) is 2.49. The summed E-state index contributed by atoms with van der Waals surface area (Å²) in [6.07, 6.45) is 1.70. The van der Waals surface area contributed by atoms with Crippen LogP contribution in [0.3, 0.4) is 0 Å². The minimum absolute atomic E-state index is 0.883. The first-order valence-electron chi connectivity index (χ1n) is 7.56. The fourth-order valence-electron chi connectivity index (χ4n) is 3.60. The second kappa shape index (κ2) is 3.73. The van der Waals surface area contributed by atoms with Crippen molar-refractivity contribution in [2.75, 3.05) is 0 Å². The van der Waals surface area contributed by atoms with Gasteiger partial charge in [0, 0.05) is 16.5 Å². The Morgan fingerprint density at radius 1 is 0.739 bits per heavy atom. The van der Waals surface area contributed by atoms with E-state index in [9.17, 15) is 0 Å². The Balaban J connectivity index is 1.81. The molecule has 6 rings (SSSR count). The van der Waals surface area contributed by atoms with Gasteiger partial charge < -0.3 is 4.98 Å². The maximum absolute atomic E-state index is 4.91. The van der Waals surface area contributed by atoms with E-state index in [2.05, 4.69) is 46.4 Å². The van der Waals surface area contributed by atoms with Crippen molar-refractivity contribution in [1.82, 2.24) is 19.9 Å². The highest BCUT2D eigenvalue weighted by atomic mass is 14.9. The Labute approximate surface area is 130 Å². The first kappa shape index (κ1) is 11.3. The molecular weight excluding hydrogens is 284 g/mol. The summed E-state index contributed by atoms with van der Waals surface area (Å²) >= 11 is 0. The standard InChI is InChI=1S/C19H10N4/c1-3-10-4-2-6-12-17(10)11(5-1)18-19(12)23-16-8-14-13(20-9-21-14)7-15(16)22-18/h1-9H,(H,20,21). The zero-order chi connectivity index (χ0) is 15.0. The number of imidazole rings is 1. The van der Waals surface area contributed by atoms with Gasteiger partial charge in [-0.1, -0.05) is 36.4 Å². The van der Waals surface area contributed by atoms with Crippen LogP contribution in [0.15, 0.2) is 54.9 Å². The molecule has 5 aromatic rings. The van der Waals surface area contributed by atoms with E-state index in [0.29, 0.717) is 0 Å². The van der Waals surface area contributed by atoms with E-state index in [0.717, 1.165) is 33.5 Å². The lowest BCUT2D eigenvalue weighted by atomic mass is 10.0. The Hall–Kier alpha value is -3.27. The third-order valence-corrected chi connectivity index (χ3v) is 4.62. The van der Waals surface area contributed by atoms with Crippen molar-refractivity contribution in [3.05, 3.63) is 54.9 Å². The summed E-state index contributed by atoms with van der Waals surface area (Å²) in [7, 11) is 0. The number of benzene rings is 3. The molecule has 0 fully saturated rings. The zero-order valence-corrected chi connectivity index (χ0v) is 12.0. The first-order chi connectivity index (χ1) is 11.4. The monoisotopic (exact) mass is 294 g/mol. The summed E-state index contributed by atoms with van der Waals surface area (Å²) in [6, 6.07) is 16.7. The molecule has 3 aromatic carbocycles. The molecule has 2 aromatic heterocycles. The number of nitrogens with one attached hydrogen (secondary N) is 1. The van der Waals surface area contributed by atoms with E-state index >= 15 is 0 Å². The minimum atomic E-state index is 0.883. The predicted octanol–water partition coefficient (Wildman–Crippen LogP) is 4.31. The average molecular weight is 294 g/mol. The molecule has 0 amide bonds. The normalized spacial score (nSPS) is 12.3. The lowest BCUT2D eigenvalue weighted by molar-refractivity contribution is 1.32. The van der Waals surface area contributed by atoms with E-state index in [1.54, 1.807) is 6.33 Å². The van der Waals surface area contributed by atoms with Crippen molar-refractivity contribution in [3.63, 3.8) is 0 Å². The quantitative estimate of drug-likeness (QED) is 0.454. The van der Waals surface area contributed by atoms with Gasteiger partial charge in [0.1, 0.15) is 0 Å². The Morgan fingerprint density at radius 3 is 2.17 bits per heavy atom. The molecule has 1 N–H and O–H groups in total. The van der Waals surface area contributed by atoms with Gasteiger partial charge >= 0.3 is 0 Å². The van der Waals surface area contributed by atoms with Crippen LogP contribution in [-0.2, 0) is 0 Å². The lowest BCUT2D eigenvalue weighted by Gasteiger charge is -2.03. The average Bonchev–Trinajstić information content (AvgIpc) is 3.16. The van der Waals surface area contributed by atoms with Gasteiger partial charge in [-0.05, 0) is 17.5 Å². The van der Waals surface area contributed by atoms with Crippen LogP contribution in [0.1, 0.15) is 0 Å². The fourth-order valence-corrected chi connectivity index (χ4v) is 3.60. The van der Waals surface area contributed by atoms with E-state index in [-0.39, 0.29) is 0 Å². The Bertz CT molecular complexity index is 1170. The van der Waals surface area contributed by atoms with Crippen LogP contribution in [0.4, 0.5) is 0 Å². The predicted molar refractivity (Wildman–Crippen MR) is 91.1 cm³/mol. The molecule has 1 aliphatic carbocycles. The van der Waals surface area contributed by atoms with Gasteiger partial charge in [0.25, 0.3) is 0 Å². The van der Waals surface area contributed by atoms with Crippen LogP contribution in [0.2, 0.25) is 0 Å². The van der Waals surface area contributed by atoms with Crippen LogP contribution >= 0.6 is 0 Å². The number of H-pyrrole nitrogens is 1. The van der Waals surface area contributed by atoms with Gasteiger partial charge in [-0.2, -0.15) is 0 Å². The number of aromatic nitrogens is 4. The third kappa shape index (κ3) is 1.33. The van der Waals surface area contributed by atoms with E-state index in [1.807, 2.05) is 12.1 Å². The first-order valence-corrected chi connectivity index (χ1v) is 7.56. The van der Waals surface area contributed by atoms with E-state index < -0.39 is 0 Å². The van der Waals surface area contributed by atoms with Gasteiger partial charge in [0.2, 0.25) is 0 Å². The number of nitrogens with zero attached hydrogens (tertiary/aromatic N) is 3. The largest absolute Gasteiger partial charge is 0.345 e. The van der Waals surface area contributed by atoms with Crippen LogP contribution in [-0.4, -0.2) is 19.9 Å². The van der Waals surface area contributed by atoms with Crippen LogP contribution < -0.4 is 0 Å². The van der Waals surface area contributed by atoms with Gasteiger partial charge in [-0.25, -0.2) is 15.0 Å². The van der Waals surface area contributed by atoms with Crippen molar-refractivity contribution in [2.24, 2.45) is 0 Å². The van der Waals surface area contributed by atoms with Gasteiger partial charge in [0.15, 0.2) is 0 Å². The van der Waals surface area contributed by atoms with Crippen LogP contribution in [0.5, 0.6) is 0 Å². The van der Waals surface area contributed by atoms with Crippen LogP contribution in [0, 0.1) is 0 Å². The molecule has 0 unspecified atom stereocenters. The highest BCUT2D eigenvalue weighted by Crippen LogP contribution is 2.45. The van der Waals surface area contributed by atoms with Crippen molar-refractivity contribution < 1.29 is 0 Å². The molecular formula is C19H10N4. The minimum Gasteiger partial charge on any atom is -0.345 e. The lowest BCUT2D eigenvalue weighted by Crippen LogP contribution is -1.90. The molecule has 0 radical (unpaired) electrons. The maximum Gasteiger partial charge on any atom is 0.0979 e. The molecule has 0 spiro atoms. The highest BCUT2D eigenvalue weighted by molar-refractivity contribution is 6.14. The van der Waals surface area contributed by atoms with E-state index in [4.69, 9.17) is 9.97 Å². The topological polar surface area (TPSA) is 54.5 Å². The molecule has 23 heavy (non-hydrogen) atoms. The molecule has 2 heterocycles. The van der Waals surface area contributed by atoms with Gasteiger partial charge in [-0.15, -0.1) is 0 Å². The molecule has 0 bridgehead atoms. The highest BCUT2D eigenvalue weighted by Gasteiger charge is 2.24. The number of hydrogen-bond donors (Lipinski definition) is 1. The Kier molecular flexibility index (Phi) is 1.84. The molecule has 0 atom stereocenters. The van der Waals surface area contributed by atoms with Crippen molar-refractivity contribution in [1.29, 1.82) is 0 Å². The fraction of sp³-hybridized carbons (Fsp3) is 0. The number of aromatic amines is 1. The summed E-state index contributed by atoms with van der Waals surface area (Å²) < 4.78 is 0. The number of fused-ring (bicyclic) bond motifs is 5. The summed E-state index contributed by atoms with van der Waals surface area (Å²) in [5.74, 6) is 0. The molecule has 0 saturated carbocycles. The molecule has 0 saturated heterocycles. The second-order valence-corrected chi connectivity index (χ2v) is 5.89. The smallest absolute Gasteiger partial charge is 0.0979 e. The Morgan fingerprint density at radius 2 is 1.43 bits per heavy atom. The summed E-state index contributed by atoms with van der Waals surface area (Å²) in [4.78, 5) is 17.3. The van der Waals surface area contributed by atoms with Crippen molar-refractivity contribution in [3.8, 4) is 22.5 Å². The van der Waals surface area contributed by atoms with Gasteiger partial charge in [0.05, 0.1) is 39.8 Å². The summed E-state index contributed by atoms with van der Waals surface area (Å²) in [5.41, 5.74) is 7.97. The molecule has 106 valence electrons. The van der Waals surface area contributed by atoms with E-state index in [1.165, 1.54) is 21.9 Å². The second-order valence-electron chi connectivity index (χ2n) is 5.89. The summed E-state index contributed by atoms with van der Waals surface area (Å²) in [6.45, 7) is 0. The van der Waals surface area contributed by atoms with Crippen LogP contribution in [0.25, 0.3) is 55.4 Å². The molecule has 4 heteroatoms.